The molecule has 6 heteroatoms. The van der Waals surface area contributed by atoms with Gasteiger partial charge in [0.25, 0.3) is 5.91 Å². The summed E-state index contributed by atoms with van der Waals surface area (Å²) in [6.45, 7) is 9.67. The number of rotatable bonds is 9. The summed E-state index contributed by atoms with van der Waals surface area (Å²) in [4.78, 5) is 20.4. The maximum absolute atomic E-state index is 13.5. The molecule has 8 rings (SSSR count). The molecule has 0 aromatic heterocycles. The number of aromatic hydroxyl groups is 1. The molecule has 3 aromatic rings. The summed E-state index contributed by atoms with van der Waals surface area (Å²) in [5.41, 5.74) is 5.60. The van der Waals surface area contributed by atoms with Crippen molar-refractivity contribution in [3.05, 3.63) is 77.9 Å². The molecule has 0 spiro atoms. The molecule has 0 unspecified atom stereocenters. The fraction of sp³-hybridized carbons (Fsp3) is 0.513. The molecule has 1 aliphatic heterocycles. The van der Waals surface area contributed by atoms with Crippen LogP contribution in [0.4, 0.5) is 5.69 Å². The SMILES string of the molecule is CC(C)Oc1cc(CN2CCN(c3ccc(C(=O)N(C)CC45CC6CC(CC(C6)C4)C5)cc3)CC2)cc(-c2cccc(O)c2)c1. The Morgan fingerprint density at radius 2 is 1.56 bits per heavy atom. The lowest BCUT2D eigenvalue weighted by molar-refractivity contribution is -0.0629. The summed E-state index contributed by atoms with van der Waals surface area (Å²) in [7, 11) is 2.02. The Morgan fingerprint density at radius 3 is 2.18 bits per heavy atom. The van der Waals surface area contributed by atoms with Crippen LogP contribution in [0.25, 0.3) is 11.1 Å². The van der Waals surface area contributed by atoms with Crippen molar-refractivity contribution in [3.63, 3.8) is 0 Å². The zero-order chi connectivity index (χ0) is 31.1. The minimum Gasteiger partial charge on any atom is -0.508 e. The van der Waals surface area contributed by atoms with Gasteiger partial charge in [-0.3, -0.25) is 9.69 Å². The third-order valence-electron chi connectivity index (χ3n) is 10.9. The maximum atomic E-state index is 13.5. The smallest absolute Gasteiger partial charge is 0.253 e. The van der Waals surface area contributed by atoms with E-state index in [9.17, 15) is 9.90 Å². The summed E-state index contributed by atoms with van der Waals surface area (Å²) < 4.78 is 6.10. The number of phenols is 1. The van der Waals surface area contributed by atoms with Gasteiger partial charge in [-0.1, -0.05) is 12.1 Å². The number of benzene rings is 3. The van der Waals surface area contributed by atoms with Gasteiger partial charge in [-0.25, -0.2) is 0 Å². The van der Waals surface area contributed by atoms with Crippen LogP contribution in [0.3, 0.4) is 0 Å². The average molecular weight is 608 g/mol. The molecule has 0 radical (unpaired) electrons. The number of hydrogen-bond donors (Lipinski definition) is 1. The highest BCUT2D eigenvalue weighted by Gasteiger charge is 2.51. The normalized spacial score (nSPS) is 26.0. The van der Waals surface area contributed by atoms with Crippen LogP contribution in [0.15, 0.2) is 66.7 Å². The molecular formula is C39H49N3O3. The van der Waals surface area contributed by atoms with E-state index in [4.69, 9.17) is 4.74 Å². The standard InChI is InChI=1S/C39H49N3O3/c1-27(2)45-37-19-31(18-34(21-37)33-5-4-6-36(43)20-33)25-41-11-13-42(14-12-41)35-9-7-32(8-10-35)38(44)40(3)26-39-22-28-15-29(23-39)17-30(16-28)24-39/h4-10,18-21,27-30,43H,11-17,22-26H2,1-3H3. The lowest BCUT2D eigenvalue weighted by Gasteiger charge is -2.57. The second kappa shape index (κ2) is 12.4. The molecule has 4 saturated carbocycles. The Balaban J connectivity index is 0.954. The van der Waals surface area contributed by atoms with Crippen molar-refractivity contribution < 1.29 is 14.6 Å². The molecule has 1 heterocycles. The first-order valence-electron chi connectivity index (χ1n) is 17.1. The van der Waals surface area contributed by atoms with Crippen LogP contribution in [0.5, 0.6) is 11.5 Å². The molecule has 4 bridgehead atoms. The number of piperazine rings is 1. The molecule has 3 aromatic carbocycles. The van der Waals surface area contributed by atoms with E-state index >= 15 is 0 Å². The van der Waals surface area contributed by atoms with Gasteiger partial charge >= 0.3 is 0 Å². The fourth-order valence-corrected chi connectivity index (χ4v) is 9.46. The Labute approximate surface area is 269 Å². The Bertz CT molecular complexity index is 1470. The molecule has 238 valence electrons. The highest BCUT2D eigenvalue weighted by Crippen LogP contribution is 2.60. The van der Waals surface area contributed by atoms with Gasteiger partial charge in [-0.05, 0) is 147 Å². The summed E-state index contributed by atoms with van der Waals surface area (Å²) in [5.74, 6) is 4.01. The average Bonchev–Trinajstić information content (AvgIpc) is 3.00. The van der Waals surface area contributed by atoms with Crippen LogP contribution in [0.1, 0.15) is 68.3 Å². The Kier molecular flexibility index (Phi) is 8.28. The summed E-state index contributed by atoms with van der Waals surface area (Å²) >= 11 is 0. The van der Waals surface area contributed by atoms with E-state index in [-0.39, 0.29) is 17.8 Å². The number of ether oxygens (including phenoxy) is 1. The van der Waals surface area contributed by atoms with Crippen molar-refractivity contribution >= 4 is 11.6 Å². The number of anilines is 1. The lowest BCUT2D eigenvalue weighted by Crippen LogP contribution is -2.51. The molecule has 5 aliphatic rings. The third kappa shape index (κ3) is 6.72. The Hall–Kier alpha value is -3.51. The van der Waals surface area contributed by atoms with Crippen molar-refractivity contribution in [2.75, 3.05) is 44.7 Å². The van der Waals surface area contributed by atoms with Gasteiger partial charge in [0.05, 0.1) is 6.10 Å². The second-order valence-electron chi connectivity index (χ2n) is 15.0. The highest BCUT2D eigenvalue weighted by atomic mass is 16.5. The van der Waals surface area contributed by atoms with Crippen molar-refractivity contribution in [1.82, 2.24) is 9.80 Å². The minimum absolute atomic E-state index is 0.0876. The third-order valence-corrected chi connectivity index (χ3v) is 10.9. The zero-order valence-electron chi connectivity index (χ0n) is 27.3. The van der Waals surface area contributed by atoms with E-state index in [1.807, 2.05) is 50.1 Å². The largest absolute Gasteiger partial charge is 0.508 e. The van der Waals surface area contributed by atoms with Crippen molar-refractivity contribution in [2.45, 2.75) is 65.0 Å². The van der Waals surface area contributed by atoms with Gasteiger partial charge in [0.15, 0.2) is 0 Å². The summed E-state index contributed by atoms with van der Waals surface area (Å²) in [6, 6.07) is 22.2. The zero-order valence-corrected chi connectivity index (χ0v) is 27.3. The van der Waals surface area contributed by atoms with E-state index in [0.29, 0.717) is 5.41 Å². The van der Waals surface area contributed by atoms with Crippen LogP contribution in [0.2, 0.25) is 0 Å². The monoisotopic (exact) mass is 607 g/mol. The van der Waals surface area contributed by atoms with Crippen molar-refractivity contribution in [2.24, 2.45) is 23.2 Å². The van der Waals surface area contributed by atoms with Gasteiger partial charge < -0.3 is 19.6 Å². The number of nitrogens with zero attached hydrogens (tertiary/aromatic N) is 3. The van der Waals surface area contributed by atoms with Crippen LogP contribution < -0.4 is 9.64 Å². The molecule has 0 atom stereocenters. The van der Waals surface area contributed by atoms with Crippen LogP contribution in [-0.2, 0) is 6.54 Å². The number of phenolic OH excluding ortho intramolecular Hbond substituents is 1. The molecule has 4 aliphatic carbocycles. The molecule has 5 fully saturated rings. The highest BCUT2D eigenvalue weighted by molar-refractivity contribution is 5.94. The molecule has 45 heavy (non-hydrogen) atoms. The summed E-state index contributed by atoms with van der Waals surface area (Å²) in [6.07, 6.45) is 8.40. The van der Waals surface area contributed by atoms with Gasteiger partial charge in [0.1, 0.15) is 11.5 Å². The molecule has 1 saturated heterocycles. The minimum atomic E-state index is 0.0876. The molecular weight excluding hydrogens is 558 g/mol. The fourth-order valence-electron chi connectivity index (χ4n) is 9.46. The van der Waals surface area contributed by atoms with E-state index < -0.39 is 0 Å². The van der Waals surface area contributed by atoms with Crippen LogP contribution in [0, 0.1) is 23.2 Å². The van der Waals surface area contributed by atoms with Crippen LogP contribution >= 0.6 is 0 Å². The van der Waals surface area contributed by atoms with E-state index in [2.05, 4.69) is 40.1 Å². The topological polar surface area (TPSA) is 56.2 Å². The van der Waals surface area contributed by atoms with Crippen molar-refractivity contribution in [1.29, 1.82) is 0 Å². The second-order valence-corrected chi connectivity index (χ2v) is 15.0. The van der Waals surface area contributed by atoms with Gasteiger partial charge in [0.2, 0.25) is 0 Å². The van der Waals surface area contributed by atoms with E-state index in [0.717, 1.165) is 79.5 Å². The number of carbonyl (C=O) groups excluding carboxylic acids is 1. The molecule has 6 nitrogen and oxygen atoms in total. The predicted octanol–water partition coefficient (Wildman–Crippen LogP) is 7.46. The lowest BCUT2D eigenvalue weighted by atomic mass is 9.49. The van der Waals surface area contributed by atoms with Gasteiger partial charge in [0, 0.05) is 57.6 Å². The Morgan fingerprint density at radius 1 is 0.889 bits per heavy atom. The number of hydrogen-bond acceptors (Lipinski definition) is 5. The van der Waals surface area contributed by atoms with E-state index in [1.165, 1.54) is 49.8 Å². The molecule has 1 amide bonds. The first kappa shape index (κ1) is 30.2. The predicted molar refractivity (Wildman–Crippen MR) is 181 cm³/mol. The summed E-state index contributed by atoms with van der Waals surface area (Å²) in [5, 5.41) is 10.0. The maximum Gasteiger partial charge on any atom is 0.253 e. The van der Waals surface area contributed by atoms with Crippen molar-refractivity contribution in [3.8, 4) is 22.6 Å². The molecule has 1 N–H and O–H groups in total. The van der Waals surface area contributed by atoms with Gasteiger partial charge in [-0.2, -0.15) is 0 Å². The quantitative estimate of drug-likeness (QED) is 0.274. The van der Waals surface area contributed by atoms with Gasteiger partial charge in [-0.15, -0.1) is 0 Å². The first-order valence-corrected chi connectivity index (χ1v) is 17.1. The van der Waals surface area contributed by atoms with E-state index in [1.54, 1.807) is 12.1 Å². The van der Waals surface area contributed by atoms with Crippen LogP contribution in [-0.4, -0.2) is 66.7 Å². The number of amides is 1. The first-order chi connectivity index (χ1) is 21.7. The number of carbonyl (C=O) groups is 1.